The van der Waals surface area contributed by atoms with Crippen LogP contribution in [-0.2, 0) is 4.79 Å². The van der Waals surface area contributed by atoms with Crippen LogP contribution in [0.2, 0.25) is 0 Å². The van der Waals surface area contributed by atoms with Gasteiger partial charge in [0.05, 0.1) is 16.8 Å². The van der Waals surface area contributed by atoms with Crippen LogP contribution in [0.25, 0.3) is 0 Å². The van der Waals surface area contributed by atoms with E-state index >= 15 is 0 Å². The fraction of sp³-hybridized carbons (Fsp3) is 0.389. The molecule has 0 amide bonds. The van der Waals surface area contributed by atoms with E-state index in [1.54, 1.807) is 12.1 Å². The summed E-state index contributed by atoms with van der Waals surface area (Å²) in [6.45, 7) is 2.84. The van der Waals surface area contributed by atoms with Gasteiger partial charge in [0.25, 0.3) is 0 Å². The van der Waals surface area contributed by atoms with Crippen molar-refractivity contribution in [1.82, 2.24) is 5.43 Å². The number of nitrogens with one attached hydrogen (secondary N) is 1. The first-order chi connectivity index (χ1) is 10.6. The summed E-state index contributed by atoms with van der Waals surface area (Å²) >= 11 is 0. The second-order valence-corrected chi connectivity index (χ2v) is 6.59. The monoisotopic (exact) mass is 298 g/mol. The van der Waals surface area contributed by atoms with Gasteiger partial charge in [-0.3, -0.25) is 9.80 Å². The fourth-order valence-corrected chi connectivity index (χ4v) is 3.85. The number of hydrazine groups is 1. The predicted molar refractivity (Wildman–Crippen MR) is 83.6 cm³/mol. The first kappa shape index (κ1) is 13.7. The van der Waals surface area contributed by atoms with Crippen molar-refractivity contribution in [3.63, 3.8) is 0 Å². The van der Waals surface area contributed by atoms with Gasteiger partial charge in [-0.2, -0.15) is 0 Å². The van der Waals surface area contributed by atoms with Crippen molar-refractivity contribution in [2.45, 2.75) is 32.6 Å². The molecule has 0 radical (unpaired) electrons. The summed E-state index contributed by atoms with van der Waals surface area (Å²) in [5.41, 5.74) is 7.62. The highest BCUT2D eigenvalue weighted by Gasteiger charge is 2.44. The highest BCUT2D eigenvalue weighted by atomic mass is 19.1. The molecule has 1 aromatic carbocycles. The third-order valence-corrected chi connectivity index (χ3v) is 5.19. The molecule has 0 spiro atoms. The number of carbonyl (C=O) groups is 1. The van der Waals surface area contributed by atoms with Crippen molar-refractivity contribution < 1.29 is 9.18 Å². The zero-order chi connectivity index (χ0) is 15.3. The summed E-state index contributed by atoms with van der Waals surface area (Å²) < 4.78 is 13.1. The summed E-state index contributed by atoms with van der Waals surface area (Å²) in [5, 5.41) is 2.01. The van der Waals surface area contributed by atoms with E-state index in [1.165, 1.54) is 23.3 Å². The average Bonchev–Trinajstić information content (AvgIpc) is 2.89. The topological polar surface area (TPSA) is 32.3 Å². The van der Waals surface area contributed by atoms with Gasteiger partial charge >= 0.3 is 0 Å². The number of hydrogen-bond donors (Lipinski definition) is 1. The summed E-state index contributed by atoms with van der Waals surface area (Å²) in [6, 6.07) is 6.49. The Morgan fingerprint density at radius 1 is 1.23 bits per heavy atom. The minimum atomic E-state index is -0.308. The van der Waals surface area contributed by atoms with E-state index in [1.807, 2.05) is 5.01 Å². The third-order valence-electron chi connectivity index (χ3n) is 5.19. The number of hydrogen-bond acceptors (Lipinski definition) is 3. The minimum absolute atomic E-state index is 0.232. The van der Waals surface area contributed by atoms with E-state index in [0.717, 1.165) is 37.2 Å². The lowest BCUT2D eigenvalue weighted by Crippen LogP contribution is -2.36. The van der Waals surface area contributed by atoms with Crippen LogP contribution in [-0.4, -0.2) is 12.3 Å². The molecule has 1 atom stereocenters. The Morgan fingerprint density at radius 2 is 2.00 bits per heavy atom. The van der Waals surface area contributed by atoms with Crippen molar-refractivity contribution in [2.75, 3.05) is 11.6 Å². The molecule has 3 nitrogen and oxygen atoms in total. The molecule has 0 unspecified atom stereocenters. The molecule has 1 saturated carbocycles. The molecule has 0 bridgehead atoms. The molecule has 4 heteroatoms. The molecule has 1 N–H and O–H groups in total. The molecule has 1 fully saturated rings. The van der Waals surface area contributed by atoms with Crippen LogP contribution >= 0.6 is 0 Å². The van der Waals surface area contributed by atoms with Gasteiger partial charge in [0.15, 0.2) is 0 Å². The Morgan fingerprint density at radius 3 is 2.77 bits per heavy atom. The van der Waals surface area contributed by atoms with Gasteiger partial charge in [0.2, 0.25) is 0 Å². The Labute approximate surface area is 129 Å². The van der Waals surface area contributed by atoms with Crippen molar-refractivity contribution in [3.05, 3.63) is 53.0 Å². The number of nitrogens with zero attached hydrogens (tertiary/aromatic N) is 1. The Kier molecular flexibility index (Phi) is 2.98. The summed E-state index contributed by atoms with van der Waals surface area (Å²) in [7, 11) is 0. The zero-order valence-corrected chi connectivity index (χ0v) is 12.7. The lowest BCUT2D eigenvalue weighted by atomic mass is 9.65. The van der Waals surface area contributed by atoms with Crippen LogP contribution in [0.15, 0.2) is 47.2 Å². The number of ketones is 1. The van der Waals surface area contributed by atoms with Crippen LogP contribution < -0.4 is 10.4 Å². The van der Waals surface area contributed by atoms with Gasteiger partial charge in [-0.1, -0.05) is 5.57 Å². The van der Waals surface area contributed by atoms with Gasteiger partial charge < -0.3 is 0 Å². The second kappa shape index (κ2) is 4.78. The van der Waals surface area contributed by atoms with Gasteiger partial charge in [0.1, 0.15) is 11.6 Å². The maximum atomic E-state index is 13.1. The van der Waals surface area contributed by atoms with Crippen molar-refractivity contribution >= 4 is 11.5 Å². The molecule has 0 aromatic heterocycles. The van der Waals surface area contributed by atoms with Gasteiger partial charge in [-0.05, 0) is 62.1 Å². The molecule has 2 aliphatic carbocycles. The number of rotatable bonds is 1. The number of benzene rings is 1. The quantitative estimate of drug-likeness (QED) is 0.861. The maximum absolute atomic E-state index is 13.1. The third kappa shape index (κ3) is 1.94. The van der Waals surface area contributed by atoms with Crippen LogP contribution in [0.1, 0.15) is 32.6 Å². The van der Waals surface area contributed by atoms with Crippen LogP contribution in [0.3, 0.4) is 0 Å². The van der Waals surface area contributed by atoms with E-state index in [4.69, 9.17) is 0 Å². The molecule has 114 valence electrons. The summed E-state index contributed by atoms with van der Waals surface area (Å²) in [6.07, 6.45) is 5.63. The van der Waals surface area contributed by atoms with Crippen molar-refractivity contribution in [3.8, 4) is 0 Å². The number of Topliss-reactive ketones (excluding diaryl/α,β-unsaturated/α-hetero) is 1. The van der Waals surface area contributed by atoms with Gasteiger partial charge in [-0.15, -0.1) is 0 Å². The predicted octanol–water partition coefficient (Wildman–Crippen LogP) is 3.49. The minimum Gasteiger partial charge on any atom is -0.299 e. The lowest BCUT2D eigenvalue weighted by molar-refractivity contribution is -0.127. The largest absolute Gasteiger partial charge is 0.299 e. The molecule has 22 heavy (non-hydrogen) atoms. The van der Waals surface area contributed by atoms with E-state index in [9.17, 15) is 9.18 Å². The number of carbonyl (C=O) groups excluding carboxylic acids is 1. The number of halogens is 1. The smallest absolute Gasteiger partial charge is 0.143 e. The Hall–Kier alpha value is -1.94. The molecule has 0 saturated heterocycles. The lowest BCUT2D eigenvalue weighted by Gasteiger charge is -2.38. The molecule has 4 rings (SSSR count). The van der Waals surface area contributed by atoms with Crippen molar-refractivity contribution in [1.29, 1.82) is 0 Å². The molecule has 3 aliphatic rings. The van der Waals surface area contributed by atoms with Crippen LogP contribution in [0, 0.1) is 11.2 Å². The van der Waals surface area contributed by atoms with Crippen molar-refractivity contribution in [2.24, 2.45) is 5.41 Å². The number of fused-ring (bicyclic) bond motifs is 1. The van der Waals surface area contributed by atoms with Crippen LogP contribution in [0.4, 0.5) is 10.1 Å². The Bertz CT molecular complexity index is 704. The molecule has 1 aromatic rings. The number of allylic oxidation sites excluding steroid dienone is 2. The zero-order valence-electron chi connectivity index (χ0n) is 12.7. The number of anilines is 1. The molecular formula is C18H19FN2O. The Balaban J connectivity index is 1.72. The highest BCUT2D eigenvalue weighted by molar-refractivity contribution is 5.90. The van der Waals surface area contributed by atoms with Gasteiger partial charge in [0, 0.05) is 13.0 Å². The van der Waals surface area contributed by atoms with E-state index in [-0.39, 0.29) is 11.2 Å². The SMILES string of the molecule is C[C@]12CC3=C(C=C1CCCC2=O)N(c1ccc(F)cc1)NC3. The van der Waals surface area contributed by atoms with Gasteiger partial charge in [-0.25, -0.2) is 9.82 Å². The standard InChI is InChI=1S/C18H19FN2O/c1-18-10-12-11-20-21(15-7-5-14(19)6-8-15)16(12)9-13(18)3-2-4-17(18)22/h5-9,20H,2-4,10-11H2,1H3/t18-/m0/s1. The molecule has 1 aliphatic heterocycles. The van der Waals surface area contributed by atoms with E-state index in [0.29, 0.717) is 12.2 Å². The van der Waals surface area contributed by atoms with E-state index < -0.39 is 0 Å². The molecule has 1 heterocycles. The maximum Gasteiger partial charge on any atom is 0.143 e. The second-order valence-electron chi connectivity index (χ2n) is 6.59. The highest BCUT2D eigenvalue weighted by Crippen LogP contribution is 2.48. The molecular weight excluding hydrogens is 279 g/mol. The summed E-state index contributed by atoms with van der Waals surface area (Å²) in [5.74, 6) is 0.140. The first-order valence-electron chi connectivity index (χ1n) is 7.83. The van der Waals surface area contributed by atoms with Crippen LogP contribution in [0.5, 0.6) is 0 Å². The first-order valence-corrected chi connectivity index (χ1v) is 7.83. The summed E-state index contributed by atoms with van der Waals surface area (Å²) in [4.78, 5) is 12.4. The van der Waals surface area contributed by atoms with E-state index in [2.05, 4.69) is 18.4 Å². The fourth-order valence-electron chi connectivity index (χ4n) is 3.85. The normalized spacial score (nSPS) is 27.6. The average molecular weight is 298 g/mol.